The number of unbranched alkanes of at least 4 members (excludes halogenated alkanes) is 7. The van der Waals surface area contributed by atoms with Crippen molar-refractivity contribution in [2.75, 3.05) is 12.9 Å². The molecule has 1 aromatic carbocycles. The van der Waals surface area contributed by atoms with Gasteiger partial charge in [-0.15, -0.1) is 0 Å². The monoisotopic (exact) mass is 354 g/mol. The van der Waals surface area contributed by atoms with Crippen molar-refractivity contribution in [3.05, 3.63) is 29.8 Å². The Hall–Kier alpha value is -1.56. The first-order valence-electron chi connectivity index (χ1n) is 8.74. The van der Waals surface area contributed by atoms with Gasteiger partial charge in [0.25, 0.3) is 0 Å². The second-order valence-electron chi connectivity index (χ2n) is 5.92. The average molecular weight is 355 g/mol. The van der Waals surface area contributed by atoms with Crippen LogP contribution in [0.4, 0.5) is 0 Å². The van der Waals surface area contributed by atoms with Crippen molar-refractivity contribution in [2.45, 2.75) is 58.3 Å². The lowest BCUT2D eigenvalue weighted by atomic mass is 10.1. The molecule has 0 saturated carbocycles. The van der Waals surface area contributed by atoms with Gasteiger partial charge in [0.1, 0.15) is 5.75 Å². The number of hydrogen-bond donors (Lipinski definition) is 1. The van der Waals surface area contributed by atoms with Gasteiger partial charge >= 0.3 is 0 Å². The summed E-state index contributed by atoms with van der Waals surface area (Å²) in [4.78, 5) is 2.27. The molecule has 0 fully saturated rings. The molecule has 0 unspecified atom stereocenters. The third-order valence-electron chi connectivity index (χ3n) is 3.79. The zero-order valence-electron chi connectivity index (χ0n) is 14.8. The molecule has 0 heterocycles. The van der Waals surface area contributed by atoms with E-state index in [2.05, 4.69) is 16.9 Å². The van der Waals surface area contributed by atoms with E-state index in [0.29, 0.717) is 6.42 Å². The van der Waals surface area contributed by atoms with E-state index in [0.717, 1.165) is 24.2 Å². The van der Waals surface area contributed by atoms with Crippen molar-refractivity contribution in [3.8, 4) is 5.75 Å². The van der Waals surface area contributed by atoms with Crippen molar-refractivity contribution in [3.63, 3.8) is 0 Å². The fourth-order valence-electron chi connectivity index (χ4n) is 2.34. The molecular formula is C18H30N2O3S. The van der Waals surface area contributed by atoms with Gasteiger partial charge in [-0.05, 0) is 36.2 Å². The van der Waals surface area contributed by atoms with Crippen molar-refractivity contribution in [1.29, 1.82) is 0 Å². The summed E-state index contributed by atoms with van der Waals surface area (Å²) in [7, 11) is -1.74. The molecule has 24 heavy (non-hydrogen) atoms. The quantitative estimate of drug-likeness (QED) is 0.329. The minimum Gasteiger partial charge on any atom is -0.497 e. The summed E-state index contributed by atoms with van der Waals surface area (Å²) in [6.07, 6.45) is 10.5. The van der Waals surface area contributed by atoms with Gasteiger partial charge in [0.05, 0.1) is 19.1 Å². The van der Waals surface area contributed by atoms with Crippen LogP contribution >= 0.6 is 0 Å². The second-order valence-corrected chi connectivity index (χ2v) is 7.74. The lowest BCUT2D eigenvalue weighted by molar-refractivity contribution is 0.415. The summed E-state index contributed by atoms with van der Waals surface area (Å²) >= 11 is 0. The van der Waals surface area contributed by atoms with Crippen molar-refractivity contribution in [1.82, 2.24) is 4.83 Å². The molecule has 0 atom stereocenters. The summed E-state index contributed by atoms with van der Waals surface area (Å²) in [5.41, 5.74) is 0.811. The first-order valence-corrected chi connectivity index (χ1v) is 10.4. The highest BCUT2D eigenvalue weighted by atomic mass is 32.2. The molecule has 1 rings (SSSR count). The summed E-state index contributed by atoms with van der Waals surface area (Å²) in [5.74, 6) is 0.879. The van der Waals surface area contributed by atoms with Crippen LogP contribution in [0.5, 0.6) is 5.75 Å². The third kappa shape index (κ3) is 9.55. The molecule has 0 spiro atoms. The van der Waals surface area contributed by atoms with E-state index < -0.39 is 10.0 Å². The van der Waals surface area contributed by atoms with E-state index in [9.17, 15) is 8.42 Å². The van der Waals surface area contributed by atoms with E-state index >= 15 is 0 Å². The smallest absolute Gasteiger partial charge is 0.247 e. The van der Waals surface area contributed by atoms with Gasteiger partial charge in [-0.3, -0.25) is 0 Å². The average Bonchev–Trinajstić information content (AvgIpc) is 2.58. The highest BCUT2D eigenvalue weighted by molar-refractivity contribution is 7.89. The topological polar surface area (TPSA) is 67.8 Å². The lowest BCUT2D eigenvalue weighted by Gasteiger charge is -2.04. The van der Waals surface area contributed by atoms with Crippen LogP contribution in [0.2, 0.25) is 0 Å². The summed E-state index contributed by atoms with van der Waals surface area (Å²) in [6.45, 7) is 2.20. The Balaban J connectivity index is 2.19. The number of sulfonamides is 1. The van der Waals surface area contributed by atoms with Crippen LogP contribution in [0.3, 0.4) is 0 Å². The SMILES string of the molecule is CCCCCCCCCCS(=O)(=O)N/N=C/c1ccc(OC)cc1. The van der Waals surface area contributed by atoms with Crippen molar-refractivity contribution >= 4 is 16.2 Å². The lowest BCUT2D eigenvalue weighted by Crippen LogP contribution is -2.21. The van der Waals surface area contributed by atoms with E-state index in [4.69, 9.17) is 4.74 Å². The van der Waals surface area contributed by atoms with Crippen molar-refractivity contribution in [2.24, 2.45) is 5.10 Å². The minimum atomic E-state index is -3.34. The largest absolute Gasteiger partial charge is 0.497 e. The highest BCUT2D eigenvalue weighted by Crippen LogP contribution is 2.10. The van der Waals surface area contributed by atoms with Gasteiger partial charge < -0.3 is 4.74 Å². The van der Waals surface area contributed by atoms with E-state index in [1.807, 2.05) is 12.1 Å². The number of benzene rings is 1. The van der Waals surface area contributed by atoms with E-state index in [-0.39, 0.29) is 5.75 Å². The number of ether oxygens (including phenoxy) is 1. The molecule has 0 aromatic heterocycles. The first kappa shape index (κ1) is 20.5. The normalized spacial score (nSPS) is 11.8. The molecule has 0 amide bonds. The summed E-state index contributed by atoms with van der Waals surface area (Å²) in [5, 5.41) is 3.81. The molecule has 136 valence electrons. The highest BCUT2D eigenvalue weighted by Gasteiger charge is 2.07. The maximum Gasteiger partial charge on any atom is 0.247 e. The molecule has 0 saturated heterocycles. The standard InChI is InChI=1S/C18H30N2O3S/c1-3-4-5-6-7-8-9-10-15-24(21,22)20-19-16-17-11-13-18(23-2)14-12-17/h11-14,16,20H,3-10,15H2,1-2H3/b19-16+. The molecule has 5 nitrogen and oxygen atoms in total. The van der Waals surface area contributed by atoms with E-state index in [1.54, 1.807) is 19.2 Å². The Morgan fingerprint density at radius 2 is 1.58 bits per heavy atom. The minimum absolute atomic E-state index is 0.127. The molecule has 0 aliphatic heterocycles. The van der Waals surface area contributed by atoms with E-state index in [1.165, 1.54) is 38.3 Å². The van der Waals surface area contributed by atoms with Gasteiger partial charge in [-0.2, -0.15) is 5.10 Å². The van der Waals surface area contributed by atoms with Gasteiger partial charge in [-0.25, -0.2) is 13.2 Å². The van der Waals surface area contributed by atoms with Crippen LogP contribution in [0, 0.1) is 0 Å². The summed E-state index contributed by atoms with van der Waals surface area (Å²) in [6, 6.07) is 7.23. The Bertz CT molecular complexity index is 568. The Labute approximate surface area is 146 Å². The molecule has 0 aliphatic rings. The van der Waals surface area contributed by atoms with Gasteiger partial charge in [0, 0.05) is 0 Å². The van der Waals surface area contributed by atoms with Gasteiger partial charge in [-0.1, -0.05) is 51.9 Å². The maximum atomic E-state index is 11.9. The van der Waals surface area contributed by atoms with Gasteiger partial charge in [0.2, 0.25) is 10.0 Å². The number of rotatable bonds is 13. The third-order valence-corrected chi connectivity index (χ3v) is 5.00. The van der Waals surface area contributed by atoms with Gasteiger partial charge in [0.15, 0.2) is 0 Å². The van der Waals surface area contributed by atoms with Crippen LogP contribution in [0.25, 0.3) is 0 Å². The van der Waals surface area contributed by atoms with Crippen LogP contribution in [-0.2, 0) is 10.0 Å². The number of nitrogens with one attached hydrogen (secondary N) is 1. The second kappa shape index (κ2) is 11.9. The zero-order valence-corrected chi connectivity index (χ0v) is 15.6. The maximum absolute atomic E-state index is 11.9. The first-order chi connectivity index (χ1) is 11.6. The number of methoxy groups -OCH3 is 1. The van der Waals surface area contributed by atoms with Crippen LogP contribution in [-0.4, -0.2) is 27.5 Å². The van der Waals surface area contributed by atoms with Crippen LogP contribution in [0.15, 0.2) is 29.4 Å². The molecule has 0 bridgehead atoms. The number of hydrazone groups is 1. The zero-order chi connectivity index (χ0) is 17.7. The molecule has 0 aliphatic carbocycles. The van der Waals surface area contributed by atoms with Crippen LogP contribution < -0.4 is 9.57 Å². The number of hydrogen-bond acceptors (Lipinski definition) is 4. The van der Waals surface area contributed by atoms with Crippen molar-refractivity contribution < 1.29 is 13.2 Å². The Kier molecular flexibility index (Phi) is 10.2. The number of nitrogens with zero attached hydrogens (tertiary/aromatic N) is 1. The fourth-order valence-corrected chi connectivity index (χ4v) is 3.23. The molecule has 1 aromatic rings. The predicted molar refractivity (Wildman–Crippen MR) is 100 cm³/mol. The predicted octanol–water partition coefficient (Wildman–Crippen LogP) is 4.09. The molecule has 1 N–H and O–H groups in total. The molecule has 0 radical (unpaired) electrons. The molecule has 6 heteroatoms. The van der Waals surface area contributed by atoms with Crippen LogP contribution in [0.1, 0.15) is 63.9 Å². The Morgan fingerprint density at radius 1 is 1.00 bits per heavy atom. The Morgan fingerprint density at radius 3 is 2.17 bits per heavy atom. The summed E-state index contributed by atoms with van der Waals surface area (Å²) < 4.78 is 28.8. The molecular weight excluding hydrogens is 324 g/mol. The fraction of sp³-hybridized carbons (Fsp3) is 0.611.